The van der Waals surface area contributed by atoms with Crippen molar-refractivity contribution in [1.82, 2.24) is 9.55 Å². The summed E-state index contributed by atoms with van der Waals surface area (Å²) in [5.41, 5.74) is 6.53. The normalized spacial score (nSPS) is 9.15. The molecule has 0 saturated carbocycles. The number of nitriles is 1. The van der Waals surface area contributed by atoms with Crippen LogP contribution in [0.2, 0.25) is 0 Å². The molecule has 2 N–H and O–H groups in total. The molecule has 0 unspecified atom stereocenters. The molecule has 0 radical (unpaired) electrons. The molecule has 1 aromatic heterocycles. The summed E-state index contributed by atoms with van der Waals surface area (Å²) < 4.78 is 1.58. The van der Waals surface area contributed by atoms with Crippen molar-refractivity contribution >= 4 is 18.2 Å². The molecule has 0 fully saturated rings. The van der Waals surface area contributed by atoms with Gasteiger partial charge in [-0.25, -0.2) is 4.98 Å². The number of nitrogens with two attached hydrogens (primary N) is 1. The highest BCUT2D eigenvalue weighted by Gasteiger charge is 2.09. The van der Waals surface area contributed by atoms with Crippen molar-refractivity contribution in [1.29, 1.82) is 5.26 Å². The molecule has 1 rings (SSSR count). The maximum Gasteiger partial charge on any atom is 0.151 e. The van der Waals surface area contributed by atoms with Crippen LogP contribution in [-0.2, 0) is 6.54 Å². The van der Waals surface area contributed by atoms with E-state index in [1.54, 1.807) is 4.57 Å². The third kappa shape index (κ3) is 1.56. The molecule has 0 aliphatic carbocycles. The van der Waals surface area contributed by atoms with Gasteiger partial charge in [0.15, 0.2) is 5.82 Å². The monoisotopic (exact) mass is 175 g/mol. The van der Waals surface area contributed by atoms with Gasteiger partial charge in [0.05, 0.1) is 18.1 Å². The molecule has 0 aliphatic heterocycles. The first-order chi connectivity index (χ1) is 6.20. The van der Waals surface area contributed by atoms with Gasteiger partial charge in [0.2, 0.25) is 0 Å². The van der Waals surface area contributed by atoms with Gasteiger partial charge < -0.3 is 10.3 Å². The summed E-state index contributed by atoms with van der Waals surface area (Å²) in [5.74, 6) is 0.313. The molecule has 0 saturated heterocycles. The van der Waals surface area contributed by atoms with Crippen LogP contribution in [0, 0.1) is 11.3 Å². The smallest absolute Gasteiger partial charge is 0.151 e. The summed E-state index contributed by atoms with van der Waals surface area (Å²) in [5, 5.41) is 8.49. The number of rotatable bonds is 3. The molecule has 66 valence electrons. The SMILES string of the molecule is C=NC(=C)c1c(N)ncn1CC#N. The van der Waals surface area contributed by atoms with E-state index in [4.69, 9.17) is 11.0 Å². The Hall–Kier alpha value is -2.09. The molecule has 0 bridgehead atoms. The first-order valence-electron chi connectivity index (χ1n) is 3.54. The van der Waals surface area contributed by atoms with Crippen LogP contribution in [0.25, 0.3) is 5.70 Å². The van der Waals surface area contributed by atoms with Crippen molar-refractivity contribution in [3.63, 3.8) is 0 Å². The highest BCUT2D eigenvalue weighted by Crippen LogP contribution is 2.19. The van der Waals surface area contributed by atoms with E-state index in [1.165, 1.54) is 6.33 Å². The van der Waals surface area contributed by atoms with E-state index < -0.39 is 0 Å². The van der Waals surface area contributed by atoms with Crippen LogP contribution in [0.15, 0.2) is 17.9 Å². The minimum Gasteiger partial charge on any atom is -0.382 e. The molecular weight excluding hydrogens is 166 g/mol. The van der Waals surface area contributed by atoms with Gasteiger partial charge in [-0.15, -0.1) is 0 Å². The fourth-order valence-electron chi connectivity index (χ4n) is 0.982. The van der Waals surface area contributed by atoms with Gasteiger partial charge in [-0.1, -0.05) is 6.58 Å². The molecule has 0 amide bonds. The first kappa shape index (κ1) is 9.00. The van der Waals surface area contributed by atoms with E-state index in [9.17, 15) is 0 Å². The molecule has 1 aromatic rings. The summed E-state index contributed by atoms with van der Waals surface area (Å²) in [6.07, 6.45) is 1.48. The molecule has 0 spiro atoms. The van der Waals surface area contributed by atoms with Gasteiger partial charge in [-0.3, -0.25) is 4.99 Å². The van der Waals surface area contributed by atoms with Gasteiger partial charge in [-0.05, 0) is 6.72 Å². The largest absolute Gasteiger partial charge is 0.382 e. The predicted octanol–water partition coefficient (Wildman–Crippen LogP) is 0.660. The first-order valence-corrected chi connectivity index (χ1v) is 3.54. The molecule has 13 heavy (non-hydrogen) atoms. The molecule has 5 nitrogen and oxygen atoms in total. The molecule has 1 heterocycles. The Labute approximate surface area is 75.8 Å². The second-order valence-electron chi connectivity index (χ2n) is 2.37. The average Bonchev–Trinajstić information content (AvgIpc) is 2.47. The van der Waals surface area contributed by atoms with Crippen LogP contribution >= 0.6 is 0 Å². The lowest BCUT2D eigenvalue weighted by Crippen LogP contribution is -2.00. The lowest BCUT2D eigenvalue weighted by molar-refractivity contribution is 0.817. The van der Waals surface area contributed by atoms with E-state index in [2.05, 4.69) is 23.3 Å². The predicted molar refractivity (Wildman–Crippen MR) is 50.8 cm³/mol. The number of hydrogen-bond acceptors (Lipinski definition) is 4. The number of imidazole rings is 1. The molecule has 0 aliphatic rings. The van der Waals surface area contributed by atoms with Crippen molar-refractivity contribution in [2.45, 2.75) is 6.54 Å². The summed E-state index contributed by atoms with van der Waals surface area (Å²) in [6, 6.07) is 1.98. The lowest BCUT2D eigenvalue weighted by Gasteiger charge is -2.02. The quantitative estimate of drug-likeness (QED) is 0.685. The standard InChI is InChI=1S/C8H9N5/c1-6(11-2)7-8(10)12-5-13(7)4-3-9/h5H,1-2,4,10H2. The van der Waals surface area contributed by atoms with Gasteiger partial charge in [0.25, 0.3) is 0 Å². The van der Waals surface area contributed by atoms with Crippen molar-refractivity contribution in [2.75, 3.05) is 5.73 Å². The summed E-state index contributed by atoms with van der Waals surface area (Å²) >= 11 is 0. The van der Waals surface area contributed by atoms with Crippen LogP contribution in [0.3, 0.4) is 0 Å². The second kappa shape index (κ2) is 3.54. The summed E-state index contributed by atoms with van der Waals surface area (Å²) in [6.45, 7) is 7.14. The molecular formula is C8H9N5. The fraction of sp³-hybridized carbons (Fsp3) is 0.125. The zero-order valence-corrected chi connectivity index (χ0v) is 7.06. The Balaban J connectivity index is 3.17. The Morgan fingerprint density at radius 2 is 2.54 bits per heavy atom. The average molecular weight is 175 g/mol. The topological polar surface area (TPSA) is 80.0 Å². The summed E-state index contributed by atoms with van der Waals surface area (Å²) in [7, 11) is 0. The molecule has 0 aromatic carbocycles. The van der Waals surface area contributed by atoms with Gasteiger partial charge in [0, 0.05) is 0 Å². The minimum absolute atomic E-state index is 0.175. The van der Waals surface area contributed by atoms with Crippen LogP contribution in [0.5, 0.6) is 0 Å². The van der Waals surface area contributed by atoms with Crippen molar-refractivity contribution < 1.29 is 0 Å². The van der Waals surface area contributed by atoms with Crippen molar-refractivity contribution in [3.8, 4) is 6.07 Å². The molecule has 5 heteroatoms. The third-order valence-electron chi connectivity index (χ3n) is 1.57. The van der Waals surface area contributed by atoms with E-state index in [0.29, 0.717) is 17.2 Å². The minimum atomic E-state index is 0.175. The van der Waals surface area contributed by atoms with Gasteiger partial charge in [0.1, 0.15) is 12.2 Å². The maximum absolute atomic E-state index is 8.49. The zero-order valence-electron chi connectivity index (χ0n) is 7.06. The number of anilines is 1. The van der Waals surface area contributed by atoms with E-state index in [-0.39, 0.29) is 6.54 Å². The number of hydrogen-bond donors (Lipinski definition) is 1. The van der Waals surface area contributed by atoms with Crippen LogP contribution in [0.4, 0.5) is 5.82 Å². The summed E-state index contributed by atoms with van der Waals surface area (Å²) in [4.78, 5) is 7.49. The highest BCUT2D eigenvalue weighted by molar-refractivity contribution is 5.70. The highest BCUT2D eigenvalue weighted by atomic mass is 15.1. The van der Waals surface area contributed by atoms with Crippen molar-refractivity contribution in [2.24, 2.45) is 4.99 Å². The zero-order chi connectivity index (χ0) is 9.84. The Bertz CT molecular complexity index is 382. The van der Waals surface area contributed by atoms with Gasteiger partial charge >= 0.3 is 0 Å². The van der Waals surface area contributed by atoms with E-state index in [1.807, 2.05) is 6.07 Å². The van der Waals surface area contributed by atoms with Crippen molar-refractivity contribution in [3.05, 3.63) is 18.6 Å². The van der Waals surface area contributed by atoms with Crippen LogP contribution in [-0.4, -0.2) is 16.3 Å². The Kier molecular flexibility index (Phi) is 2.45. The maximum atomic E-state index is 8.49. The van der Waals surface area contributed by atoms with E-state index >= 15 is 0 Å². The van der Waals surface area contributed by atoms with Crippen LogP contribution in [0.1, 0.15) is 5.69 Å². The second-order valence-corrected chi connectivity index (χ2v) is 2.37. The Morgan fingerprint density at radius 3 is 3.08 bits per heavy atom. The van der Waals surface area contributed by atoms with Crippen LogP contribution < -0.4 is 5.73 Å². The number of nitrogen functional groups attached to an aromatic ring is 1. The fourth-order valence-corrected chi connectivity index (χ4v) is 0.982. The Morgan fingerprint density at radius 1 is 1.85 bits per heavy atom. The molecule has 0 atom stereocenters. The van der Waals surface area contributed by atoms with E-state index in [0.717, 1.165) is 0 Å². The number of nitrogens with zero attached hydrogens (tertiary/aromatic N) is 4. The van der Waals surface area contributed by atoms with Gasteiger partial charge in [-0.2, -0.15) is 5.26 Å². The lowest BCUT2D eigenvalue weighted by atomic mass is 10.3. The number of aliphatic imine (C=N–C) groups is 1. The number of aromatic nitrogens is 2. The third-order valence-corrected chi connectivity index (χ3v) is 1.57.